The van der Waals surface area contributed by atoms with Crippen LogP contribution in [0.25, 0.3) is 11.0 Å². The van der Waals surface area contributed by atoms with Gasteiger partial charge in [0.05, 0.1) is 23.9 Å². The normalized spacial score (nSPS) is 11.3. The molecule has 148 valence electrons. The van der Waals surface area contributed by atoms with E-state index in [9.17, 15) is 4.79 Å². The minimum absolute atomic E-state index is 0.117. The van der Waals surface area contributed by atoms with E-state index < -0.39 is 0 Å². The molecule has 0 radical (unpaired) electrons. The first-order valence-electron chi connectivity index (χ1n) is 9.82. The molecule has 1 amide bonds. The van der Waals surface area contributed by atoms with E-state index in [1.54, 1.807) is 12.5 Å². The van der Waals surface area contributed by atoms with Crippen molar-refractivity contribution in [2.45, 2.75) is 33.9 Å². The van der Waals surface area contributed by atoms with E-state index in [2.05, 4.69) is 28.7 Å². The molecule has 0 unspecified atom stereocenters. The zero-order chi connectivity index (χ0) is 20.4. The highest BCUT2D eigenvalue weighted by Crippen LogP contribution is 2.23. The smallest absolute Gasteiger partial charge is 0.255 e. The summed E-state index contributed by atoms with van der Waals surface area (Å²) < 4.78 is 4.27. The number of aromatic nitrogens is 4. The van der Waals surface area contributed by atoms with Crippen LogP contribution in [0.4, 0.5) is 5.69 Å². The van der Waals surface area contributed by atoms with Gasteiger partial charge in [-0.2, -0.15) is 0 Å². The van der Waals surface area contributed by atoms with Gasteiger partial charge >= 0.3 is 0 Å². The summed E-state index contributed by atoms with van der Waals surface area (Å²) >= 11 is 0. The predicted octanol–water partition coefficient (Wildman–Crippen LogP) is 4.50. The monoisotopic (exact) mass is 387 g/mol. The molecule has 2 aromatic carbocycles. The summed E-state index contributed by atoms with van der Waals surface area (Å²) in [6, 6.07) is 13.5. The molecule has 0 bridgehead atoms. The Morgan fingerprint density at radius 1 is 1.17 bits per heavy atom. The van der Waals surface area contributed by atoms with Crippen molar-refractivity contribution in [1.29, 1.82) is 0 Å². The van der Waals surface area contributed by atoms with Crippen molar-refractivity contribution in [1.82, 2.24) is 19.1 Å². The Hall–Kier alpha value is -3.41. The molecule has 2 aromatic heterocycles. The lowest BCUT2D eigenvalue weighted by Gasteiger charge is -2.12. The molecule has 0 atom stereocenters. The fourth-order valence-electron chi connectivity index (χ4n) is 3.48. The van der Waals surface area contributed by atoms with Crippen LogP contribution < -0.4 is 5.32 Å². The molecule has 6 heteroatoms. The Morgan fingerprint density at radius 2 is 2.03 bits per heavy atom. The van der Waals surface area contributed by atoms with E-state index in [1.165, 1.54) is 0 Å². The van der Waals surface area contributed by atoms with Crippen LogP contribution in [0.1, 0.15) is 35.6 Å². The number of hydrogen-bond acceptors (Lipinski definition) is 3. The molecular weight excluding hydrogens is 362 g/mol. The summed E-state index contributed by atoms with van der Waals surface area (Å²) in [5.41, 5.74) is 4.40. The SMILES string of the molecule is Cc1cccc(C(=O)Nc2ccc3c(c2)nc(Cn2ccnc2)n3CC(C)C)c1. The van der Waals surface area contributed by atoms with Crippen molar-refractivity contribution in [3.63, 3.8) is 0 Å². The van der Waals surface area contributed by atoms with Gasteiger partial charge in [0.2, 0.25) is 0 Å². The van der Waals surface area contributed by atoms with Crippen molar-refractivity contribution in [3.8, 4) is 0 Å². The molecule has 0 spiro atoms. The van der Waals surface area contributed by atoms with Crippen LogP contribution in [0.5, 0.6) is 0 Å². The molecule has 0 fully saturated rings. The minimum Gasteiger partial charge on any atom is -0.330 e. The molecule has 0 aliphatic rings. The first-order valence-corrected chi connectivity index (χ1v) is 9.82. The summed E-state index contributed by atoms with van der Waals surface area (Å²) in [5, 5.41) is 2.99. The highest BCUT2D eigenvalue weighted by molar-refractivity contribution is 6.05. The maximum absolute atomic E-state index is 12.6. The van der Waals surface area contributed by atoms with Gasteiger partial charge in [-0.15, -0.1) is 0 Å². The van der Waals surface area contributed by atoms with Gasteiger partial charge in [-0.05, 0) is 43.2 Å². The second-order valence-corrected chi connectivity index (χ2v) is 7.79. The average Bonchev–Trinajstić information content (AvgIpc) is 3.30. The van der Waals surface area contributed by atoms with Crippen LogP contribution >= 0.6 is 0 Å². The fourth-order valence-corrected chi connectivity index (χ4v) is 3.48. The number of nitrogens with zero attached hydrogens (tertiary/aromatic N) is 4. The number of nitrogens with one attached hydrogen (secondary N) is 1. The van der Waals surface area contributed by atoms with Crippen LogP contribution in [0.2, 0.25) is 0 Å². The minimum atomic E-state index is -0.117. The maximum atomic E-state index is 12.6. The van der Waals surface area contributed by atoms with E-state index in [4.69, 9.17) is 4.98 Å². The lowest BCUT2D eigenvalue weighted by atomic mass is 10.1. The standard InChI is InChI=1S/C23H25N5O/c1-16(2)13-28-21-8-7-19(25-23(29)18-6-4-5-17(3)11-18)12-20(21)26-22(28)14-27-10-9-24-15-27/h4-12,15-16H,13-14H2,1-3H3,(H,25,29). The zero-order valence-electron chi connectivity index (χ0n) is 17.0. The van der Waals surface area contributed by atoms with Crippen molar-refractivity contribution >= 4 is 22.6 Å². The first-order chi connectivity index (χ1) is 14.0. The summed E-state index contributed by atoms with van der Waals surface area (Å²) in [4.78, 5) is 21.6. The molecule has 29 heavy (non-hydrogen) atoms. The molecule has 0 saturated heterocycles. The van der Waals surface area contributed by atoms with Crippen molar-refractivity contribution in [3.05, 3.63) is 78.1 Å². The number of fused-ring (bicyclic) bond motifs is 1. The molecule has 6 nitrogen and oxygen atoms in total. The number of benzene rings is 2. The molecule has 1 N–H and O–H groups in total. The van der Waals surface area contributed by atoms with Crippen LogP contribution in [0.15, 0.2) is 61.2 Å². The number of hydrogen-bond donors (Lipinski definition) is 1. The number of carbonyl (C=O) groups is 1. The summed E-state index contributed by atoms with van der Waals surface area (Å²) in [6.45, 7) is 7.92. The van der Waals surface area contributed by atoms with Gasteiger partial charge in [-0.1, -0.05) is 31.5 Å². The van der Waals surface area contributed by atoms with Gasteiger partial charge in [0, 0.05) is 30.2 Å². The first kappa shape index (κ1) is 18.9. The third-order valence-electron chi connectivity index (χ3n) is 4.80. The molecule has 0 aliphatic carbocycles. The second kappa shape index (κ2) is 7.91. The molecule has 4 aromatic rings. The van der Waals surface area contributed by atoms with E-state index in [0.717, 1.165) is 34.7 Å². The molecule has 2 heterocycles. The van der Waals surface area contributed by atoms with Crippen molar-refractivity contribution < 1.29 is 4.79 Å². The molecular formula is C23H25N5O. The number of amides is 1. The Labute approximate surface area is 170 Å². The molecule has 0 saturated carbocycles. The highest BCUT2D eigenvalue weighted by Gasteiger charge is 2.14. The fraction of sp³-hybridized carbons (Fsp3) is 0.261. The van der Waals surface area contributed by atoms with Crippen molar-refractivity contribution in [2.24, 2.45) is 5.92 Å². The van der Waals surface area contributed by atoms with Gasteiger partial charge in [0.15, 0.2) is 0 Å². The number of imidazole rings is 2. The quantitative estimate of drug-likeness (QED) is 0.530. The zero-order valence-corrected chi connectivity index (χ0v) is 17.0. The number of rotatable bonds is 6. The van der Waals surface area contributed by atoms with Crippen LogP contribution in [-0.4, -0.2) is 25.0 Å². The highest BCUT2D eigenvalue weighted by atomic mass is 16.1. The van der Waals surface area contributed by atoms with Crippen LogP contribution in [0, 0.1) is 12.8 Å². The lowest BCUT2D eigenvalue weighted by Crippen LogP contribution is -2.12. The summed E-state index contributed by atoms with van der Waals surface area (Å²) in [6.07, 6.45) is 5.51. The van der Waals surface area contributed by atoms with Gasteiger partial charge in [0.25, 0.3) is 5.91 Å². The summed E-state index contributed by atoms with van der Waals surface area (Å²) in [5.74, 6) is 1.36. The molecule has 0 aliphatic heterocycles. The topological polar surface area (TPSA) is 64.7 Å². The second-order valence-electron chi connectivity index (χ2n) is 7.79. The van der Waals surface area contributed by atoms with Crippen molar-refractivity contribution in [2.75, 3.05) is 5.32 Å². The Balaban J connectivity index is 1.65. The number of carbonyl (C=O) groups excluding carboxylic acids is 1. The number of anilines is 1. The average molecular weight is 387 g/mol. The Kier molecular flexibility index (Phi) is 5.16. The molecule has 4 rings (SSSR count). The third-order valence-corrected chi connectivity index (χ3v) is 4.80. The van der Waals surface area contributed by atoms with Gasteiger partial charge < -0.3 is 14.5 Å². The predicted molar refractivity (Wildman–Crippen MR) is 115 cm³/mol. The van der Waals surface area contributed by atoms with Gasteiger partial charge in [-0.3, -0.25) is 4.79 Å². The van der Waals surface area contributed by atoms with E-state index in [0.29, 0.717) is 18.0 Å². The van der Waals surface area contributed by atoms with Crippen LogP contribution in [-0.2, 0) is 13.1 Å². The van der Waals surface area contributed by atoms with E-state index in [1.807, 2.05) is 60.2 Å². The third kappa shape index (κ3) is 4.21. The largest absolute Gasteiger partial charge is 0.330 e. The van der Waals surface area contributed by atoms with Crippen LogP contribution in [0.3, 0.4) is 0 Å². The van der Waals surface area contributed by atoms with Gasteiger partial charge in [0.1, 0.15) is 5.82 Å². The maximum Gasteiger partial charge on any atom is 0.255 e. The van der Waals surface area contributed by atoms with Gasteiger partial charge in [-0.25, -0.2) is 9.97 Å². The lowest BCUT2D eigenvalue weighted by molar-refractivity contribution is 0.102. The van der Waals surface area contributed by atoms with E-state index >= 15 is 0 Å². The van der Waals surface area contributed by atoms with E-state index in [-0.39, 0.29) is 5.91 Å². The Morgan fingerprint density at radius 3 is 2.76 bits per heavy atom. The summed E-state index contributed by atoms with van der Waals surface area (Å²) in [7, 11) is 0. The Bertz CT molecular complexity index is 1140. The number of aryl methyl sites for hydroxylation is 1.